The van der Waals surface area contributed by atoms with Crippen molar-refractivity contribution in [1.82, 2.24) is 0 Å². The van der Waals surface area contributed by atoms with Crippen molar-refractivity contribution in [2.45, 2.75) is 0 Å². The van der Waals surface area contributed by atoms with Crippen LogP contribution in [0, 0.1) is 0 Å². The number of rotatable bonds is 0. The Kier molecular flexibility index (Phi) is 5.69. The topological polar surface area (TPSA) is 70.3 Å². The van der Waals surface area contributed by atoms with Crippen LogP contribution in [0.3, 0.4) is 0 Å². The Morgan fingerprint density at radius 3 is 1.86 bits per heavy atom. The van der Waals surface area contributed by atoms with Gasteiger partial charge in [0.15, 0.2) is 18.4 Å². The van der Waals surface area contributed by atoms with Gasteiger partial charge in [-0.15, -0.1) is 0 Å². The zero-order valence-electron chi connectivity index (χ0n) is 7.97. The van der Waals surface area contributed by atoms with Gasteiger partial charge in [-0.25, -0.2) is 9.36 Å². The minimum atomic E-state index is -1.82. The van der Waals surface area contributed by atoms with Gasteiger partial charge in [0.2, 0.25) is 0 Å². The number of pyridine rings is 1. The van der Waals surface area contributed by atoms with E-state index in [1.165, 1.54) is 0 Å². The SMILES string of the molecule is COC(=O)C(=O)[O-].C[n+]1ccccc1. The van der Waals surface area contributed by atoms with E-state index in [0.29, 0.717) is 0 Å². The molecule has 0 bridgehead atoms. The maximum atomic E-state index is 9.63. The molecule has 1 aromatic heterocycles. The van der Waals surface area contributed by atoms with Crippen molar-refractivity contribution >= 4 is 11.9 Å². The molecule has 5 heteroatoms. The first-order valence-electron chi connectivity index (χ1n) is 3.77. The maximum Gasteiger partial charge on any atom is 0.353 e. The van der Waals surface area contributed by atoms with Crippen LogP contribution in [0.4, 0.5) is 0 Å². The van der Waals surface area contributed by atoms with Crippen molar-refractivity contribution in [2.75, 3.05) is 7.11 Å². The summed E-state index contributed by atoms with van der Waals surface area (Å²) in [4.78, 5) is 19.0. The molecular formula is C9H11NO4. The quantitative estimate of drug-likeness (QED) is 0.286. The minimum Gasteiger partial charge on any atom is -0.539 e. The number of esters is 1. The van der Waals surface area contributed by atoms with Crippen LogP contribution in [-0.4, -0.2) is 19.0 Å². The lowest BCUT2D eigenvalue weighted by atomic mass is 10.5. The van der Waals surface area contributed by atoms with E-state index in [1.807, 2.05) is 42.2 Å². The molecule has 0 fully saturated rings. The molecule has 5 nitrogen and oxygen atoms in total. The van der Waals surface area contributed by atoms with Crippen LogP contribution in [0.15, 0.2) is 30.6 Å². The number of nitrogens with zero attached hydrogens (tertiary/aromatic N) is 1. The average Bonchev–Trinajstić information content (AvgIpc) is 2.18. The second-order valence-electron chi connectivity index (χ2n) is 2.32. The molecule has 0 unspecified atom stereocenters. The molecule has 0 aliphatic rings. The molecular weight excluding hydrogens is 186 g/mol. The van der Waals surface area contributed by atoms with E-state index >= 15 is 0 Å². The highest BCUT2D eigenvalue weighted by Gasteiger charge is 1.95. The van der Waals surface area contributed by atoms with Gasteiger partial charge < -0.3 is 14.6 Å². The minimum absolute atomic E-state index is 0.970. The Morgan fingerprint density at radius 1 is 1.21 bits per heavy atom. The lowest BCUT2D eigenvalue weighted by Gasteiger charge is -1.94. The summed E-state index contributed by atoms with van der Waals surface area (Å²) in [5, 5.41) is 9.34. The Hall–Kier alpha value is -1.91. The number of hydrogen-bond donors (Lipinski definition) is 0. The summed E-state index contributed by atoms with van der Waals surface area (Å²) in [7, 11) is 2.97. The highest BCUT2D eigenvalue weighted by atomic mass is 16.5. The van der Waals surface area contributed by atoms with Gasteiger partial charge in [0.1, 0.15) is 7.05 Å². The van der Waals surface area contributed by atoms with Crippen LogP contribution < -0.4 is 9.67 Å². The molecule has 0 aliphatic heterocycles. The Balaban J connectivity index is 0.000000241. The number of ether oxygens (including phenoxy) is 1. The second kappa shape index (κ2) is 6.59. The standard InChI is InChI=1S/C6H8N.C3H4O4/c1-7-5-3-2-4-6-7;1-7-3(6)2(4)5/h2-6H,1H3;1H3,(H,4,5)/q+1;/p-1. The predicted molar refractivity (Wildman–Crippen MR) is 44.6 cm³/mol. The first-order chi connectivity index (χ1) is 6.57. The molecule has 0 saturated heterocycles. The van der Waals surface area contributed by atoms with Crippen molar-refractivity contribution in [3.8, 4) is 0 Å². The van der Waals surface area contributed by atoms with Crippen molar-refractivity contribution in [3.05, 3.63) is 30.6 Å². The normalized spacial score (nSPS) is 8.14. The van der Waals surface area contributed by atoms with Gasteiger partial charge in [0, 0.05) is 12.1 Å². The Labute approximate surface area is 81.6 Å². The molecule has 0 spiro atoms. The zero-order valence-corrected chi connectivity index (χ0v) is 7.97. The summed E-state index contributed by atoms with van der Waals surface area (Å²) in [6.07, 6.45) is 4.00. The fourth-order valence-corrected chi connectivity index (χ4v) is 0.568. The molecule has 0 atom stereocenters. The third-order valence-electron chi connectivity index (χ3n) is 1.22. The number of aromatic nitrogens is 1. The van der Waals surface area contributed by atoms with Crippen LogP contribution in [0.1, 0.15) is 0 Å². The van der Waals surface area contributed by atoms with Crippen molar-refractivity contribution in [1.29, 1.82) is 0 Å². The lowest BCUT2D eigenvalue weighted by molar-refractivity contribution is -0.671. The summed E-state index contributed by atoms with van der Waals surface area (Å²) >= 11 is 0. The molecule has 0 saturated carbocycles. The summed E-state index contributed by atoms with van der Waals surface area (Å²) in [6.45, 7) is 0. The molecule has 1 aromatic rings. The van der Waals surface area contributed by atoms with Gasteiger partial charge in [0.05, 0.1) is 7.11 Å². The third-order valence-corrected chi connectivity index (χ3v) is 1.22. The van der Waals surface area contributed by atoms with E-state index < -0.39 is 11.9 Å². The highest BCUT2D eigenvalue weighted by molar-refractivity contribution is 6.27. The number of aliphatic carboxylic acids is 1. The van der Waals surface area contributed by atoms with Crippen LogP contribution in [0.5, 0.6) is 0 Å². The van der Waals surface area contributed by atoms with Crippen LogP contribution in [-0.2, 0) is 21.4 Å². The average molecular weight is 197 g/mol. The van der Waals surface area contributed by atoms with Crippen molar-refractivity contribution in [3.63, 3.8) is 0 Å². The Bertz CT molecular complexity index is 297. The van der Waals surface area contributed by atoms with E-state index in [4.69, 9.17) is 0 Å². The van der Waals surface area contributed by atoms with Gasteiger partial charge in [-0.1, -0.05) is 6.07 Å². The second-order valence-corrected chi connectivity index (χ2v) is 2.32. The molecule has 1 heterocycles. The number of methoxy groups -OCH3 is 1. The fraction of sp³-hybridized carbons (Fsp3) is 0.222. The van der Waals surface area contributed by atoms with Gasteiger partial charge in [-0.2, -0.15) is 0 Å². The molecule has 0 N–H and O–H groups in total. The molecule has 0 aliphatic carbocycles. The highest BCUT2D eigenvalue weighted by Crippen LogP contribution is 1.71. The summed E-state index contributed by atoms with van der Waals surface area (Å²) in [5.74, 6) is -3.16. The van der Waals surface area contributed by atoms with E-state index in [2.05, 4.69) is 4.74 Å². The van der Waals surface area contributed by atoms with Gasteiger partial charge in [0.25, 0.3) is 0 Å². The summed E-state index contributed by atoms with van der Waals surface area (Å²) in [6, 6.07) is 6.00. The monoisotopic (exact) mass is 197 g/mol. The van der Waals surface area contributed by atoms with Crippen LogP contribution in [0.25, 0.3) is 0 Å². The van der Waals surface area contributed by atoms with Gasteiger partial charge >= 0.3 is 5.97 Å². The number of hydrogen-bond acceptors (Lipinski definition) is 4. The number of carboxylic acids is 1. The molecule has 0 aromatic carbocycles. The first-order valence-corrected chi connectivity index (χ1v) is 3.77. The maximum absolute atomic E-state index is 9.63. The third kappa shape index (κ3) is 5.70. The molecule has 0 amide bonds. The number of aryl methyl sites for hydroxylation is 1. The van der Waals surface area contributed by atoms with Crippen molar-refractivity contribution < 1.29 is 24.0 Å². The van der Waals surface area contributed by atoms with Crippen molar-refractivity contribution in [2.24, 2.45) is 7.05 Å². The number of carboxylic acid groups (broad SMARTS) is 1. The Morgan fingerprint density at radius 2 is 1.71 bits per heavy atom. The van der Waals surface area contributed by atoms with Crippen LogP contribution in [0.2, 0.25) is 0 Å². The summed E-state index contributed by atoms with van der Waals surface area (Å²) < 4.78 is 5.71. The molecule has 1 rings (SSSR count). The molecule has 0 radical (unpaired) electrons. The fourth-order valence-electron chi connectivity index (χ4n) is 0.568. The zero-order chi connectivity index (χ0) is 11.0. The van der Waals surface area contributed by atoms with Crippen LogP contribution >= 0.6 is 0 Å². The first kappa shape index (κ1) is 12.1. The number of carbonyl (C=O) groups is 2. The van der Waals surface area contributed by atoms with E-state index in [0.717, 1.165) is 7.11 Å². The van der Waals surface area contributed by atoms with E-state index in [-0.39, 0.29) is 0 Å². The predicted octanol–water partition coefficient (Wildman–Crippen LogP) is -1.58. The largest absolute Gasteiger partial charge is 0.539 e. The smallest absolute Gasteiger partial charge is 0.353 e. The van der Waals surface area contributed by atoms with Gasteiger partial charge in [-0.05, 0) is 0 Å². The number of carbonyl (C=O) groups excluding carboxylic acids is 2. The van der Waals surface area contributed by atoms with E-state index in [1.54, 1.807) is 0 Å². The molecule has 76 valence electrons. The summed E-state index contributed by atoms with van der Waals surface area (Å²) in [5.41, 5.74) is 0. The van der Waals surface area contributed by atoms with Gasteiger partial charge in [-0.3, -0.25) is 0 Å². The van der Waals surface area contributed by atoms with E-state index in [9.17, 15) is 14.7 Å². The molecule has 14 heavy (non-hydrogen) atoms. The lowest BCUT2D eigenvalue weighted by Crippen LogP contribution is -2.32.